The Hall–Kier alpha value is -1.77. The van der Waals surface area contributed by atoms with Gasteiger partial charge in [0, 0.05) is 18.7 Å². The lowest BCUT2D eigenvalue weighted by atomic mass is 10.4. The first-order valence-electron chi connectivity index (χ1n) is 5.25. The molecule has 3 N–H and O–H groups in total. The molecular formula is C10H14N2O6. The molecule has 100 valence electrons. The fourth-order valence-corrected chi connectivity index (χ4v) is 1.30. The molecule has 1 aliphatic heterocycles. The molecule has 8 heteroatoms. The molecule has 0 aliphatic carbocycles. The number of amides is 2. The molecule has 0 spiro atoms. The fourth-order valence-electron chi connectivity index (χ4n) is 1.30. The molecule has 1 rings (SSSR count). The van der Waals surface area contributed by atoms with Crippen molar-refractivity contribution in [3.63, 3.8) is 0 Å². The third kappa shape index (κ3) is 3.62. The Bertz CT molecular complexity index is 349. The average Bonchev–Trinajstić information content (AvgIpc) is 2.64. The Balaban J connectivity index is 2.48. The summed E-state index contributed by atoms with van der Waals surface area (Å²) in [6, 6.07) is 0. The van der Waals surface area contributed by atoms with Crippen LogP contribution in [-0.2, 0) is 23.9 Å². The van der Waals surface area contributed by atoms with Gasteiger partial charge in [-0.2, -0.15) is 0 Å². The Morgan fingerprint density at radius 2 is 1.89 bits per heavy atom. The maximum absolute atomic E-state index is 11.3. The lowest BCUT2D eigenvalue weighted by molar-refractivity contribution is -0.175. The van der Waals surface area contributed by atoms with Crippen LogP contribution in [0.3, 0.4) is 0 Å². The Kier molecular flexibility index (Phi) is 5.43. The predicted molar refractivity (Wildman–Crippen MR) is 58.2 cm³/mol. The van der Waals surface area contributed by atoms with E-state index in [9.17, 15) is 14.4 Å². The summed E-state index contributed by atoms with van der Waals surface area (Å²) in [6.45, 7) is 0.734. The van der Waals surface area contributed by atoms with Gasteiger partial charge in [0.05, 0.1) is 19.8 Å². The number of hydrogen-bond acceptors (Lipinski definition) is 6. The Labute approximate surface area is 103 Å². The van der Waals surface area contributed by atoms with Gasteiger partial charge in [-0.1, -0.05) is 0 Å². The molecular weight excluding hydrogens is 244 g/mol. The maximum Gasteiger partial charge on any atom is 0.354 e. The van der Waals surface area contributed by atoms with Gasteiger partial charge in [0.2, 0.25) is 6.23 Å². The first kappa shape index (κ1) is 14.3. The molecule has 0 fully saturated rings. The highest BCUT2D eigenvalue weighted by molar-refractivity contribution is 6.14. The fraction of sp³-hybridized carbons (Fsp3) is 0.500. The normalized spacial score (nSPS) is 16.4. The van der Waals surface area contributed by atoms with E-state index in [1.807, 2.05) is 0 Å². The molecule has 0 saturated heterocycles. The number of nitrogens with zero attached hydrogens (tertiary/aromatic N) is 1. The van der Waals surface area contributed by atoms with Crippen molar-refractivity contribution in [1.82, 2.24) is 4.90 Å². The minimum atomic E-state index is -1.64. The van der Waals surface area contributed by atoms with E-state index >= 15 is 0 Å². The number of carboxylic acids is 1. The number of nitrogens with two attached hydrogens (primary N) is 1. The van der Waals surface area contributed by atoms with Crippen LogP contribution in [0.2, 0.25) is 0 Å². The summed E-state index contributed by atoms with van der Waals surface area (Å²) < 4.78 is 9.94. The van der Waals surface area contributed by atoms with Crippen molar-refractivity contribution in [2.24, 2.45) is 5.73 Å². The van der Waals surface area contributed by atoms with Crippen LogP contribution in [0, 0.1) is 0 Å². The first-order chi connectivity index (χ1) is 8.57. The molecule has 1 heterocycles. The minimum Gasteiger partial charge on any atom is -0.478 e. The minimum absolute atomic E-state index is 0.0615. The summed E-state index contributed by atoms with van der Waals surface area (Å²) in [6.07, 6.45) is 0.348. The van der Waals surface area contributed by atoms with Gasteiger partial charge in [-0.25, -0.2) is 9.69 Å². The van der Waals surface area contributed by atoms with Gasteiger partial charge < -0.3 is 20.3 Å². The van der Waals surface area contributed by atoms with Gasteiger partial charge >= 0.3 is 5.97 Å². The van der Waals surface area contributed by atoms with Crippen molar-refractivity contribution in [2.45, 2.75) is 6.23 Å². The lowest BCUT2D eigenvalue weighted by Gasteiger charge is -2.22. The van der Waals surface area contributed by atoms with Crippen molar-refractivity contribution in [3.05, 3.63) is 12.2 Å². The monoisotopic (exact) mass is 258 g/mol. The van der Waals surface area contributed by atoms with Crippen molar-refractivity contribution in [3.8, 4) is 0 Å². The standard InChI is InChI=1S/C10H14N2O6/c11-3-4-17-5-6-18-9(10(15)16)12-7(13)1-2-8(12)14/h1-2,9H,3-6,11H2,(H,15,16). The zero-order chi connectivity index (χ0) is 13.5. The quantitative estimate of drug-likeness (QED) is 0.394. The van der Waals surface area contributed by atoms with Gasteiger partial charge in [-0.3, -0.25) is 9.59 Å². The number of carboxylic acid groups (broad SMARTS) is 1. The summed E-state index contributed by atoms with van der Waals surface area (Å²) in [4.78, 5) is 34.1. The number of rotatable bonds is 8. The van der Waals surface area contributed by atoms with Crippen LogP contribution in [0.15, 0.2) is 12.2 Å². The topological polar surface area (TPSA) is 119 Å². The van der Waals surface area contributed by atoms with Gasteiger partial charge in [-0.15, -0.1) is 0 Å². The van der Waals surface area contributed by atoms with Crippen molar-refractivity contribution in [2.75, 3.05) is 26.4 Å². The maximum atomic E-state index is 11.3. The van der Waals surface area contributed by atoms with Crippen LogP contribution in [-0.4, -0.2) is 60.4 Å². The average molecular weight is 258 g/mol. The molecule has 1 unspecified atom stereocenters. The van der Waals surface area contributed by atoms with Crippen LogP contribution in [0.4, 0.5) is 0 Å². The second kappa shape index (κ2) is 6.84. The SMILES string of the molecule is NCCOCCOC(C(=O)O)N1C(=O)C=CC1=O. The van der Waals surface area contributed by atoms with E-state index in [1.54, 1.807) is 0 Å². The van der Waals surface area contributed by atoms with Crippen molar-refractivity contribution < 1.29 is 29.0 Å². The van der Waals surface area contributed by atoms with E-state index in [2.05, 4.69) is 0 Å². The van der Waals surface area contributed by atoms with Crippen LogP contribution >= 0.6 is 0 Å². The van der Waals surface area contributed by atoms with Crippen LogP contribution in [0.5, 0.6) is 0 Å². The summed E-state index contributed by atoms with van der Waals surface area (Å²) in [5, 5.41) is 8.91. The molecule has 0 aromatic rings. The molecule has 1 atom stereocenters. The van der Waals surface area contributed by atoms with E-state index in [0.717, 1.165) is 12.2 Å². The van der Waals surface area contributed by atoms with Gasteiger partial charge in [-0.05, 0) is 0 Å². The number of aliphatic carboxylic acids is 1. The molecule has 2 amide bonds. The van der Waals surface area contributed by atoms with E-state index in [-0.39, 0.29) is 13.2 Å². The second-order valence-electron chi connectivity index (χ2n) is 3.34. The molecule has 0 aromatic heterocycles. The summed E-state index contributed by atoms with van der Waals surface area (Å²) >= 11 is 0. The smallest absolute Gasteiger partial charge is 0.354 e. The zero-order valence-corrected chi connectivity index (χ0v) is 9.57. The van der Waals surface area contributed by atoms with E-state index in [0.29, 0.717) is 18.1 Å². The van der Waals surface area contributed by atoms with Crippen LogP contribution < -0.4 is 5.73 Å². The Morgan fingerprint density at radius 1 is 1.28 bits per heavy atom. The van der Waals surface area contributed by atoms with E-state index in [1.165, 1.54) is 0 Å². The number of carbonyl (C=O) groups excluding carboxylic acids is 2. The molecule has 1 aliphatic rings. The molecule has 0 bridgehead atoms. The number of hydrogen-bond donors (Lipinski definition) is 2. The molecule has 8 nitrogen and oxygen atoms in total. The summed E-state index contributed by atoms with van der Waals surface area (Å²) in [7, 11) is 0. The van der Waals surface area contributed by atoms with E-state index < -0.39 is 24.0 Å². The largest absolute Gasteiger partial charge is 0.478 e. The van der Waals surface area contributed by atoms with Crippen LogP contribution in [0.25, 0.3) is 0 Å². The number of carbonyl (C=O) groups is 3. The van der Waals surface area contributed by atoms with Gasteiger partial charge in [0.25, 0.3) is 11.8 Å². The van der Waals surface area contributed by atoms with Gasteiger partial charge in [0.15, 0.2) is 0 Å². The highest BCUT2D eigenvalue weighted by atomic mass is 16.6. The lowest BCUT2D eigenvalue weighted by Crippen LogP contribution is -2.47. The highest BCUT2D eigenvalue weighted by Crippen LogP contribution is 2.10. The van der Waals surface area contributed by atoms with Crippen LogP contribution in [0.1, 0.15) is 0 Å². The first-order valence-corrected chi connectivity index (χ1v) is 5.25. The second-order valence-corrected chi connectivity index (χ2v) is 3.34. The van der Waals surface area contributed by atoms with Gasteiger partial charge in [0.1, 0.15) is 0 Å². The number of ether oxygens (including phenoxy) is 2. The molecule has 0 radical (unpaired) electrons. The highest BCUT2D eigenvalue weighted by Gasteiger charge is 2.36. The van der Waals surface area contributed by atoms with Crippen molar-refractivity contribution >= 4 is 17.8 Å². The number of imide groups is 1. The summed E-state index contributed by atoms with van der Waals surface area (Å²) in [5.74, 6) is -2.84. The zero-order valence-electron chi connectivity index (χ0n) is 9.57. The predicted octanol–water partition coefficient (Wildman–Crippen LogP) is -1.69. The third-order valence-corrected chi connectivity index (χ3v) is 2.05. The molecule has 18 heavy (non-hydrogen) atoms. The Morgan fingerprint density at radius 3 is 2.39 bits per heavy atom. The third-order valence-electron chi connectivity index (χ3n) is 2.05. The molecule has 0 saturated carbocycles. The molecule has 0 aromatic carbocycles. The van der Waals surface area contributed by atoms with E-state index in [4.69, 9.17) is 20.3 Å². The van der Waals surface area contributed by atoms with Crippen molar-refractivity contribution in [1.29, 1.82) is 0 Å². The summed E-state index contributed by atoms with van der Waals surface area (Å²) in [5.41, 5.74) is 5.19.